The molecule has 17 heavy (non-hydrogen) atoms. The summed E-state index contributed by atoms with van der Waals surface area (Å²) in [4.78, 5) is 24.7. The highest BCUT2D eigenvalue weighted by atomic mass is 16.4. The smallest absolute Gasteiger partial charge is 0.337 e. The number of carboxylic acid groups (broad SMARTS) is 1. The van der Waals surface area contributed by atoms with Crippen molar-refractivity contribution in [3.8, 4) is 0 Å². The van der Waals surface area contributed by atoms with Crippen molar-refractivity contribution in [3.63, 3.8) is 0 Å². The summed E-state index contributed by atoms with van der Waals surface area (Å²) >= 11 is 0. The lowest BCUT2D eigenvalue weighted by Crippen LogP contribution is -2.07. The number of rotatable bonds is 2. The van der Waals surface area contributed by atoms with Crippen molar-refractivity contribution < 1.29 is 19.8 Å². The maximum absolute atomic E-state index is 10.6. The molecule has 0 aliphatic heterocycles. The number of pyridine rings is 1. The largest absolute Gasteiger partial charge is 0.478 e. The van der Waals surface area contributed by atoms with Gasteiger partial charge in [0.1, 0.15) is 5.82 Å². The fourth-order valence-electron chi connectivity index (χ4n) is 0.775. The highest BCUT2D eigenvalue weighted by Crippen LogP contribution is 2.04. The van der Waals surface area contributed by atoms with Crippen LogP contribution in [-0.2, 0) is 4.79 Å². The van der Waals surface area contributed by atoms with Crippen LogP contribution < -0.4 is 5.32 Å². The van der Waals surface area contributed by atoms with Gasteiger partial charge in [0.15, 0.2) is 0 Å². The molecule has 1 aromatic rings. The van der Waals surface area contributed by atoms with Crippen LogP contribution in [0.4, 0.5) is 5.82 Å². The second-order valence-electron chi connectivity index (χ2n) is 2.42. The molecular weight excluding hydrogens is 224 g/mol. The van der Waals surface area contributed by atoms with Gasteiger partial charge in [-0.1, -0.05) is 13.8 Å². The molecule has 1 aromatic heterocycles. The van der Waals surface area contributed by atoms with Crippen molar-refractivity contribution in [1.82, 2.24) is 4.98 Å². The Morgan fingerprint density at radius 1 is 1.24 bits per heavy atom. The van der Waals surface area contributed by atoms with Crippen LogP contribution in [-0.4, -0.2) is 34.2 Å². The Bertz CT molecular complexity index is 336. The number of aromatic nitrogens is 1. The van der Waals surface area contributed by atoms with Crippen LogP contribution >= 0.6 is 0 Å². The molecule has 0 aliphatic rings. The number of aromatic carboxylic acids is 1. The lowest BCUT2D eigenvalue weighted by atomic mass is 10.3. The number of amides is 1. The average Bonchev–Trinajstić information content (AvgIpc) is 2.34. The molecule has 96 valence electrons. The van der Waals surface area contributed by atoms with Crippen molar-refractivity contribution in [3.05, 3.63) is 23.9 Å². The van der Waals surface area contributed by atoms with E-state index in [1.54, 1.807) is 0 Å². The summed E-state index contributed by atoms with van der Waals surface area (Å²) in [6.07, 6.45) is 1.19. The van der Waals surface area contributed by atoms with Gasteiger partial charge >= 0.3 is 5.97 Å². The summed E-state index contributed by atoms with van der Waals surface area (Å²) in [6.45, 7) is 5.35. The van der Waals surface area contributed by atoms with E-state index in [1.165, 1.54) is 25.3 Å². The predicted octanol–water partition coefficient (Wildman–Crippen LogP) is 1.37. The van der Waals surface area contributed by atoms with E-state index in [0.29, 0.717) is 5.82 Å². The maximum Gasteiger partial charge on any atom is 0.337 e. The molecule has 0 aliphatic carbocycles. The molecule has 1 rings (SSSR count). The van der Waals surface area contributed by atoms with E-state index < -0.39 is 5.97 Å². The summed E-state index contributed by atoms with van der Waals surface area (Å²) in [7, 11) is 1.00. The monoisotopic (exact) mass is 242 g/mol. The van der Waals surface area contributed by atoms with Crippen LogP contribution in [0.3, 0.4) is 0 Å². The fraction of sp³-hybridized carbons (Fsp3) is 0.364. The third kappa shape index (κ3) is 7.92. The van der Waals surface area contributed by atoms with Gasteiger partial charge in [-0.05, 0) is 12.1 Å². The van der Waals surface area contributed by atoms with Crippen molar-refractivity contribution in [2.45, 2.75) is 20.8 Å². The molecule has 1 heterocycles. The first-order valence-corrected chi connectivity index (χ1v) is 5.01. The molecule has 0 unspecified atom stereocenters. The second-order valence-corrected chi connectivity index (χ2v) is 2.42. The number of nitrogens with zero attached hydrogens (tertiary/aromatic N) is 1. The quantitative estimate of drug-likeness (QED) is 0.727. The first kappa shape index (κ1) is 17.4. The minimum absolute atomic E-state index is 0.0918. The number of hydrogen-bond acceptors (Lipinski definition) is 4. The van der Waals surface area contributed by atoms with Crippen LogP contribution in [0.15, 0.2) is 18.3 Å². The number of carboxylic acids is 1. The zero-order valence-electron chi connectivity index (χ0n) is 10.4. The van der Waals surface area contributed by atoms with Crippen LogP contribution in [0.25, 0.3) is 0 Å². The maximum atomic E-state index is 10.6. The number of aliphatic hydroxyl groups excluding tert-OH is 1. The Morgan fingerprint density at radius 3 is 2.06 bits per heavy atom. The SMILES string of the molecule is CC.CC(=O)Nc1ccc(C(=O)O)cn1.CO. The highest BCUT2D eigenvalue weighted by molar-refractivity contribution is 5.89. The lowest BCUT2D eigenvalue weighted by molar-refractivity contribution is -0.114. The summed E-state index contributed by atoms with van der Waals surface area (Å²) in [5.41, 5.74) is 0.0918. The van der Waals surface area contributed by atoms with Crippen LogP contribution in [0, 0.1) is 0 Å². The van der Waals surface area contributed by atoms with E-state index in [9.17, 15) is 9.59 Å². The van der Waals surface area contributed by atoms with Gasteiger partial charge in [-0.15, -0.1) is 0 Å². The summed E-state index contributed by atoms with van der Waals surface area (Å²) in [5, 5.41) is 18.0. The molecule has 6 heteroatoms. The molecule has 0 saturated heterocycles. The molecule has 0 fully saturated rings. The predicted molar refractivity (Wildman–Crippen MR) is 65.0 cm³/mol. The van der Waals surface area contributed by atoms with Crippen molar-refractivity contribution in [2.75, 3.05) is 12.4 Å². The first-order valence-electron chi connectivity index (χ1n) is 5.01. The second kappa shape index (κ2) is 10.6. The number of aliphatic hydroxyl groups is 1. The van der Waals surface area contributed by atoms with Gasteiger partial charge in [0.25, 0.3) is 0 Å². The summed E-state index contributed by atoms with van der Waals surface area (Å²) in [5.74, 6) is -0.935. The van der Waals surface area contributed by atoms with E-state index in [4.69, 9.17) is 10.2 Å². The Labute approximate surface area is 100 Å². The van der Waals surface area contributed by atoms with E-state index in [0.717, 1.165) is 7.11 Å². The molecule has 0 radical (unpaired) electrons. The molecule has 0 aromatic carbocycles. The Morgan fingerprint density at radius 2 is 1.76 bits per heavy atom. The number of carbonyl (C=O) groups excluding carboxylic acids is 1. The van der Waals surface area contributed by atoms with Crippen LogP contribution in [0.1, 0.15) is 31.1 Å². The first-order chi connectivity index (χ1) is 8.09. The Balaban J connectivity index is 0. The van der Waals surface area contributed by atoms with Gasteiger partial charge in [-0.3, -0.25) is 4.79 Å². The molecule has 3 N–H and O–H groups in total. The van der Waals surface area contributed by atoms with E-state index in [2.05, 4.69) is 10.3 Å². The van der Waals surface area contributed by atoms with E-state index in [1.807, 2.05) is 13.8 Å². The zero-order valence-corrected chi connectivity index (χ0v) is 10.4. The van der Waals surface area contributed by atoms with Crippen LogP contribution in [0.5, 0.6) is 0 Å². The van der Waals surface area contributed by atoms with Crippen molar-refractivity contribution in [2.24, 2.45) is 0 Å². The van der Waals surface area contributed by atoms with Crippen LogP contribution in [0.2, 0.25) is 0 Å². The standard InChI is InChI=1S/C8H8N2O3.C2H6.CH4O/c1-5(11)10-7-3-2-6(4-9-7)8(12)13;2*1-2/h2-4H,1H3,(H,12,13)(H,9,10,11);1-2H3;2H,1H3. The third-order valence-electron chi connectivity index (χ3n) is 1.31. The van der Waals surface area contributed by atoms with Gasteiger partial charge in [0, 0.05) is 20.2 Å². The van der Waals surface area contributed by atoms with Gasteiger partial charge in [0.2, 0.25) is 5.91 Å². The van der Waals surface area contributed by atoms with E-state index >= 15 is 0 Å². The average molecular weight is 242 g/mol. The molecule has 0 atom stereocenters. The Hall–Kier alpha value is -1.95. The molecule has 0 saturated carbocycles. The zero-order chi connectivity index (χ0) is 13.8. The normalized spacial score (nSPS) is 7.82. The van der Waals surface area contributed by atoms with Crippen molar-refractivity contribution in [1.29, 1.82) is 0 Å². The Kier molecular flexibility index (Phi) is 10.8. The molecule has 1 amide bonds. The summed E-state index contributed by atoms with van der Waals surface area (Å²) < 4.78 is 0. The highest BCUT2D eigenvalue weighted by Gasteiger charge is 2.02. The number of hydrogen-bond donors (Lipinski definition) is 3. The van der Waals surface area contributed by atoms with Gasteiger partial charge in [-0.25, -0.2) is 9.78 Å². The lowest BCUT2D eigenvalue weighted by Gasteiger charge is -1.99. The number of carbonyl (C=O) groups is 2. The number of nitrogens with one attached hydrogen (secondary N) is 1. The minimum Gasteiger partial charge on any atom is -0.478 e. The number of anilines is 1. The van der Waals surface area contributed by atoms with E-state index in [-0.39, 0.29) is 11.5 Å². The van der Waals surface area contributed by atoms with Crippen molar-refractivity contribution >= 4 is 17.7 Å². The minimum atomic E-state index is -1.04. The topological polar surface area (TPSA) is 99.5 Å². The third-order valence-corrected chi connectivity index (χ3v) is 1.31. The van der Waals surface area contributed by atoms with Gasteiger partial charge < -0.3 is 15.5 Å². The van der Waals surface area contributed by atoms with Gasteiger partial charge in [-0.2, -0.15) is 0 Å². The summed E-state index contributed by atoms with van der Waals surface area (Å²) in [6, 6.07) is 2.81. The molecule has 0 bridgehead atoms. The molecule has 0 spiro atoms. The van der Waals surface area contributed by atoms with Gasteiger partial charge in [0.05, 0.1) is 5.56 Å². The molecule has 6 nitrogen and oxygen atoms in total. The fourth-order valence-corrected chi connectivity index (χ4v) is 0.775. The molecular formula is C11H18N2O4.